The molecule has 1 saturated heterocycles. The summed E-state index contributed by atoms with van der Waals surface area (Å²) in [7, 11) is 0. The number of aromatic nitrogens is 2. The molecule has 3 heterocycles. The van der Waals surface area contributed by atoms with Gasteiger partial charge in [0.2, 0.25) is 5.91 Å². The molecule has 1 amide bonds. The van der Waals surface area contributed by atoms with Gasteiger partial charge in [-0.3, -0.25) is 14.2 Å². The second-order valence-electron chi connectivity index (χ2n) is 7.99. The van der Waals surface area contributed by atoms with Crippen molar-refractivity contribution in [1.29, 1.82) is 0 Å². The maximum absolute atomic E-state index is 13.4. The third-order valence-corrected chi connectivity index (χ3v) is 8.36. The van der Waals surface area contributed by atoms with Gasteiger partial charge in [0, 0.05) is 31.1 Å². The van der Waals surface area contributed by atoms with Crippen molar-refractivity contribution in [3.05, 3.63) is 33.4 Å². The summed E-state index contributed by atoms with van der Waals surface area (Å²) in [6.45, 7) is 5.63. The fourth-order valence-corrected chi connectivity index (χ4v) is 6.86. The zero-order chi connectivity index (χ0) is 21.1. The molecule has 0 aromatic carbocycles. The van der Waals surface area contributed by atoms with Crippen LogP contribution in [-0.2, 0) is 24.2 Å². The Kier molecular flexibility index (Phi) is 6.95. The number of aliphatic hydroxyl groups excluding tert-OH is 1. The predicted molar refractivity (Wildman–Crippen MR) is 122 cm³/mol. The van der Waals surface area contributed by atoms with E-state index < -0.39 is 5.25 Å². The van der Waals surface area contributed by atoms with Crippen molar-refractivity contribution in [2.24, 2.45) is 0 Å². The van der Waals surface area contributed by atoms with E-state index in [2.05, 4.69) is 6.58 Å². The summed E-state index contributed by atoms with van der Waals surface area (Å²) in [4.78, 5) is 35.4. The molecule has 2 aromatic rings. The van der Waals surface area contributed by atoms with E-state index >= 15 is 0 Å². The van der Waals surface area contributed by atoms with Crippen LogP contribution < -0.4 is 5.56 Å². The topological polar surface area (TPSA) is 75.4 Å². The zero-order valence-electron chi connectivity index (χ0n) is 17.3. The third-order valence-electron chi connectivity index (χ3n) is 5.93. The summed E-state index contributed by atoms with van der Waals surface area (Å²) in [6.07, 6.45) is 9.47. The molecule has 0 spiro atoms. The Labute approximate surface area is 185 Å². The van der Waals surface area contributed by atoms with Gasteiger partial charge in [-0.1, -0.05) is 17.8 Å². The Hall–Kier alpha value is -1.64. The molecular formula is C22H29N3O3S2. The molecule has 0 unspecified atom stereocenters. The van der Waals surface area contributed by atoms with E-state index in [9.17, 15) is 14.7 Å². The molecule has 6 nitrogen and oxygen atoms in total. The second kappa shape index (κ2) is 9.66. The van der Waals surface area contributed by atoms with Gasteiger partial charge < -0.3 is 10.0 Å². The van der Waals surface area contributed by atoms with E-state index in [0.717, 1.165) is 68.3 Å². The Balaban J connectivity index is 1.72. The minimum atomic E-state index is -0.442. The summed E-state index contributed by atoms with van der Waals surface area (Å²) < 4.78 is 1.65. The lowest BCUT2D eigenvalue weighted by molar-refractivity contribution is -0.131. The van der Waals surface area contributed by atoms with E-state index in [1.54, 1.807) is 22.0 Å². The van der Waals surface area contributed by atoms with Crippen molar-refractivity contribution in [3.8, 4) is 0 Å². The van der Waals surface area contributed by atoms with Crippen LogP contribution in [0.15, 0.2) is 22.6 Å². The molecule has 2 aliphatic rings. The van der Waals surface area contributed by atoms with Gasteiger partial charge >= 0.3 is 0 Å². The maximum Gasteiger partial charge on any atom is 0.263 e. The molecule has 1 atom stereocenters. The number of hydrogen-bond acceptors (Lipinski definition) is 6. The number of allylic oxidation sites excluding steroid dienone is 1. The highest BCUT2D eigenvalue weighted by atomic mass is 32.2. The van der Waals surface area contributed by atoms with Crippen molar-refractivity contribution < 1.29 is 9.90 Å². The van der Waals surface area contributed by atoms with E-state index in [1.807, 2.05) is 4.90 Å². The van der Waals surface area contributed by atoms with Gasteiger partial charge in [-0.15, -0.1) is 17.9 Å². The molecular weight excluding hydrogens is 418 g/mol. The molecule has 8 heteroatoms. The predicted octanol–water partition coefficient (Wildman–Crippen LogP) is 3.38. The van der Waals surface area contributed by atoms with Crippen molar-refractivity contribution >= 4 is 39.2 Å². The first-order valence-corrected chi connectivity index (χ1v) is 12.6. The van der Waals surface area contributed by atoms with E-state index in [0.29, 0.717) is 18.1 Å². The normalized spacial score (nSPS) is 17.7. The average molecular weight is 448 g/mol. The van der Waals surface area contributed by atoms with E-state index in [-0.39, 0.29) is 18.1 Å². The average Bonchev–Trinajstić information content (AvgIpc) is 3.14. The molecule has 1 N–H and O–H groups in total. The first kappa shape index (κ1) is 21.6. The van der Waals surface area contributed by atoms with Gasteiger partial charge in [0.25, 0.3) is 5.56 Å². The van der Waals surface area contributed by atoms with Crippen LogP contribution in [0.2, 0.25) is 0 Å². The standard InChI is InChI=1S/C22H29N3O3S2/c1-2-11-25-21(28)18-15-8-4-5-9-16(15)29-19(18)23-22(25)30-17(10-14-26)20(27)24-12-6-3-7-13-24/h2,17,26H,1,3-14H2/t17-/m1/s1. The van der Waals surface area contributed by atoms with Crippen LogP contribution in [0.5, 0.6) is 0 Å². The maximum atomic E-state index is 13.4. The van der Waals surface area contributed by atoms with Crippen molar-refractivity contribution in [2.75, 3.05) is 19.7 Å². The SMILES string of the molecule is C=CCn1c(S[C@H](CCO)C(=O)N2CCCCC2)nc2sc3c(c2c1=O)CCCC3. The molecule has 2 aromatic heterocycles. The van der Waals surface area contributed by atoms with Crippen LogP contribution in [0.25, 0.3) is 10.2 Å². The molecule has 0 saturated carbocycles. The molecule has 0 bridgehead atoms. The molecule has 1 aliphatic carbocycles. The third kappa shape index (κ3) is 4.22. The van der Waals surface area contributed by atoms with Gasteiger partial charge in [0.15, 0.2) is 5.16 Å². The van der Waals surface area contributed by atoms with Crippen molar-refractivity contribution in [3.63, 3.8) is 0 Å². The molecule has 4 rings (SSSR count). The van der Waals surface area contributed by atoms with Crippen LogP contribution in [0, 0.1) is 0 Å². The van der Waals surface area contributed by atoms with Gasteiger partial charge in [-0.25, -0.2) is 4.98 Å². The number of carbonyl (C=O) groups is 1. The number of nitrogens with zero attached hydrogens (tertiary/aromatic N) is 3. The van der Waals surface area contributed by atoms with Crippen LogP contribution in [-0.4, -0.2) is 50.4 Å². The molecule has 1 aliphatic heterocycles. The minimum Gasteiger partial charge on any atom is -0.396 e. The minimum absolute atomic E-state index is 0.0324. The number of thiophene rings is 1. The Bertz CT molecular complexity index is 992. The summed E-state index contributed by atoms with van der Waals surface area (Å²) in [5.74, 6) is 0.0405. The second-order valence-corrected chi connectivity index (χ2v) is 10.2. The monoisotopic (exact) mass is 447 g/mol. The van der Waals surface area contributed by atoms with Crippen molar-refractivity contribution in [2.45, 2.75) is 68.3 Å². The first-order chi connectivity index (χ1) is 14.6. The number of rotatable bonds is 7. The molecule has 0 radical (unpaired) electrons. The smallest absolute Gasteiger partial charge is 0.263 e. The highest BCUT2D eigenvalue weighted by molar-refractivity contribution is 8.00. The van der Waals surface area contributed by atoms with Gasteiger partial charge in [0.1, 0.15) is 4.83 Å². The largest absolute Gasteiger partial charge is 0.396 e. The van der Waals surface area contributed by atoms with Crippen LogP contribution in [0.3, 0.4) is 0 Å². The Morgan fingerprint density at radius 2 is 2.00 bits per heavy atom. The highest BCUT2D eigenvalue weighted by Gasteiger charge is 2.29. The summed E-state index contributed by atoms with van der Waals surface area (Å²) in [5, 5.41) is 10.4. The number of thioether (sulfide) groups is 1. The number of likely N-dealkylation sites (tertiary alicyclic amines) is 1. The summed E-state index contributed by atoms with van der Waals surface area (Å²) in [5.41, 5.74) is 1.14. The lowest BCUT2D eigenvalue weighted by atomic mass is 9.97. The van der Waals surface area contributed by atoms with Crippen LogP contribution in [0.4, 0.5) is 0 Å². The highest BCUT2D eigenvalue weighted by Crippen LogP contribution is 2.35. The number of piperidine rings is 1. The lowest BCUT2D eigenvalue weighted by Gasteiger charge is -2.30. The van der Waals surface area contributed by atoms with Crippen molar-refractivity contribution in [1.82, 2.24) is 14.5 Å². The van der Waals surface area contributed by atoms with Gasteiger partial charge in [-0.05, 0) is 56.9 Å². The van der Waals surface area contributed by atoms with Crippen LogP contribution >= 0.6 is 23.1 Å². The molecule has 30 heavy (non-hydrogen) atoms. The fraction of sp³-hybridized carbons (Fsp3) is 0.591. The Morgan fingerprint density at radius 3 is 2.73 bits per heavy atom. The number of amides is 1. The van der Waals surface area contributed by atoms with E-state index in [4.69, 9.17) is 4.98 Å². The lowest BCUT2D eigenvalue weighted by Crippen LogP contribution is -2.41. The number of fused-ring (bicyclic) bond motifs is 3. The molecule has 1 fully saturated rings. The number of aryl methyl sites for hydroxylation is 2. The van der Waals surface area contributed by atoms with Crippen LogP contribution in [0.1, 0.15) is 49.0 Å². The summed E-state index contributed by atoms with van der Waals surface area (Å²) in [6, 6.07) is 0. The Morgan fingerprint density at radius 1 is 1.23 bits per heavy atom. The summed E-state index contributed by atoms with van der Waals surface area (Å²) >= 11 is 2.94. The quantitative estimate of drug-likeness (QED) is 0.400. The van der Waals surface area contributed by atoms with E-state index in [1.165, 1.54) is 22.2 Å². The zero-order valence-corrected chi connectivity index (χ0v) is 18.9. The molecule has 162 valence electrons. The number of carbonyl (C=O) groups excluding carboxylic acids is 1. The first-order valence-electron chi connectivity index (χ1n) is 10.9. The van der Waals surface area contributed by atoms with Gasteiger partial charge in [-0.2, -0.15) is 0 Å². The van der Waals surface area contributed by atoms with Gasteiger partial charge in [0.05, 0.1) is 10.6 Å². The number of aliphatic hydroxyl groups is 1. The fourth-order valence-electron chi connectivity index (χ4n) is 4.40. The number of hydrogen-bond donors (Lipinski definition) is 1.